The molecular weight excluding hydrogens is 374 g/mol. The van der Waals surface area contributed by atoms with Crippen molar-refractivity contribution in [3.63, 3.8) is 0 Å². The van der Waals surface area contributed by atoms with Crippen LogP contribution in [0.4, 0.5) is 0 Å². The molecule has 0 fully saturated rings. The van der Waals surface area contributed by atoms with Gasteiger partial charge in [-0.2, -0.15) is 0 Å². The first-order valence-corrected chi connectivity index (χ1v) is 11.5. The minimum atomic E-state index is -3.15. The molecule has 0 radical (unpaired) electrons. The summed E-state index contributed by atoms with van der Waals surface area (Å²) >= 11 is 3.32. The first-order valence-electron chi connectivity index (χ1n) is 7.80. The molecule has 0 aliphatic rings. The average molecular weight is 394 g/mol. The average Bonchev–Trinajstić information content (AvgIpc) is 3.18. The highest BCUT2D eigenvalue weighted by atomic mass is 32.2. The number of hydrogen-bond donors (Lipinski definition) is 0. The third-order valence-corrected chi connectivity index (χ3v) is 6.88. The molecule has 25 heavy (non-hydrogen) atoms. The van der Waals surface area contributed by atoms with Gasteiger partial charge in [0.2, 0.25) is 0 Å². The van der Waals surface area contributed by atoms with Gasteiger partial charge in [0.25, 0.3) is 0 Å². The van der Waals surface area contributed by atoms with Crippen molar-refractivity contribution in [1.82, 2.24) is 14.8 Å². The molecular formula is C17H19N3O2S3. The van der Waals surface area contributed by atoms with Crippen LogP contribution in [0.2, 0.25) is 0 Å². The lowest BCUT2D eigenvalue weighted by atomic mass is 10.2. The largest absolute Gasteiger partial charge is 0.302 e. The second-order valence-electron chi connectivity index (χ2n) is 5.67. The first-order chi connectivity index (χ1) is 11.9. The zero-order valence-electron chi connectivity index (χ0n) is 14.3. The van der Waals surface area contributed by atoms with Gasteiger partial charge in [-0.15, -0.1) is 21.5 Å². The van der Waals surface area contributed by atoms with Crippen LogP contribution in [0.5, 0.6) is 0 Å². The molecule has 1 aromatic carbocycles. The fourth-order valence-electron chi connectivity index (χ4n) is 2.40. The lowest BCUT2D eigenvalue weighted by Crippen LogP contribution is -1.99. The summed E-state index contributed by atoms with van der Waals surface area (Å²) in [7, 11) is -3.15. The number of thioether (sulfide) groups is 1. The second-order valence-corrected chi connectivity index (χ2v) is 9.91. The van der Waals surface area contributed by atoms with Crippen molar-refractivity contribution < 1.29 is 8.42 Å². The minimum Gasteiger partial charge on any atom is -0.302 e. The molecule has 2 heterocycles. The molecule has 0 N–H and O–H groups in total. The highest BCUT2D eigenvalue weighted by Crippen LogP contribution is 2.30. The summed E-state index contributed by atoms with van der Waals surface area (Å²) in [6.07, 6.45) is 1.22. The SMILES string of the molecule is CCn1c(SCc2ccc(S(C)(=O)=O)cc2)nnc1-c1ccc(C)s1. The van der Waals surface area contributed by atoms with Gasteiger partial charge in [-0.05, 0) is 43.7 Å². The molecule has 0 aliphatic carbocycles. The number of aryl methyl sites for hydroxylation is 1. The van der Waals surface area contributed by atoms with E-state index in [0.717, 1.165) is 28.0 Å². The number of aromatic nitrogens is 3. The summed E-state index contributed by atoms with van der Waals surface area (Å²) < 4.78 is 25.2. The summed E-state index contributed by atoms with van der Waals surface area (Å²) in [5, 5.41) is 9.55. The van der Waals surface area contributed by atoms with Gasteiger partial charge in [0.05, 0.1) is 9.77 Å². The van der Waals surface area contributed by atoms with E-state index in [1.807, 2.05) is 12.1 Å². The van der Waals surface area contributed by atoms with Gasteiger partial charge >= 0.3 is 0 Å². The van der Waals surface area contributed by atoms with Crippen molar-refractivity contribution in [2.24, 2.45) is 0 Å². The van der Waals surface area contributed by atoms with E-state index in [1.54, 1.807) is 35.2 Å². The topological polar surface area (TPSA) is 64.8 Å². The predicted molar refractivity (Wildman–Crippen MR) is 103 cm³/mol. The number of nitrogens with zero attached hydrogens (tertiary/aromatic N) is 3. The van der Waals surface area contributed by atoms with E-state index < -0.39 is 9.84 Å². The Morgan fingerprint density at radius 2 is 1.84 bits per heavy atom. The third kappa shape index (κ3) is 4.13. The molecule has 3 aromatic rings. The van der Waals surface area contributed by atoms with Crippen molar-refractivity contribution >= 4 is 32.9 Å². The van der Waals surface area contributed by atoms with Gasteiger partial charge in [-0.3, -0.25) is 0 Å². The van der Waals surface area contributed by atoms with E-state index in [1.165, 1.54) is 11.1 Å². The Morgan fingerprint density at radius 3 is 2.40 bits per heavy atom. The monoisotopic (exact) mass is 393 g/mol. The number of thiophene rings is 1. The number of hydrogen-bond acceptors (Lipinski definition) is 6. The van der Waals surface area contributed by atoms with Crippen molar-refractivity contribution in [3.8, 4) is 10.7 Å². The van der Waals surface area contributed by atoms with Crippen LogP contribution < -0.4 is 0 Å². The van der Waals surface area contributed by atoms with Crippen LogP contribution in [0.25, 0.3) is 10.7 Å². The minimum absolute atomic E-state index is 0.341. The van der Waals surface area contributed by atoms with Crippen molar-refractivity contribution in [1.29, 1.82) is 0 Å². The molecule has 8 heteroatoms. The van der Waals surface area contributed by atoms with Gasteiger partial charge in [-0.25, -0.2) is 8.42 Å². The van der Waals surface area contributed by atoms with Gasteiger partial charge in [0.15, 0.2) is 20.8 Å². The van der Waals surface area contributed by atoms with Crippen molar-refractivity contribution in [3.05, 3.63) is 46.8 Å². The lowest BCUT2D eigenvalue weighted by molar-refractivity contribution is 0.602. The standard InChI is InChI=1S/C17H19N3O2S3/c1-4-20-16(15-10-5-12(2)24-15)18-19-17(20)23-11-13-6-8-14(9-7-13)25(3,21)22/h5-10H,4,11H2,1-3H3. The second kappa shape index (κ2) is 7.31. The van der Waals surface area contributed by atoms with Crippen molar-refractivity contribution in [2.45, 2.75) is 36.2 Å². The molecule has 0 bridgehead atoms. The van der Waals surface area contributed by atoms with Crippen LogP contribution in [-0.4, -0.2) is 29.4 Å². The first kappa shape index (κ1) is 18.2. The van der Waals surface area contributed by atoms with Crippen LogP contribution in [0.3, 0.4) is 0 Å². The van der Waals surface area contributed by atoms with Crippen LogP contribution >= 0.6 is 23.1 Å². The van der Waals surface area contributed by atoms with E-state index in [4.69, 9.17) is 0 Å². The highest BCUT2D eigenvalue weighted by molar-refractivity contribution is 7.98. The van der Waals surface area contributed by atoms with Gasteiger partial charge in [-0.1, -0.05) is 23.9 Å². The fraction of sp³-hybridized carbons (Fsp3) is 0.294. The molecule has 2 aromatic heterocycles. The molecule has 0 atom stereocenters. The molecule has 5 nitrogen and oxygen atoms in total. The Bertz CT molecular complexity index is 973. The van der Waals surface area contributed by atoms with E-state index in [0.29, 0.717) is 10.6 Å². The molecule has 3 rings (SSSR count). The maximum atomic E-state index is 11.5. The van der Waals surface area contributed by atoms with Crippen LogP contribution in [0, 0.1) is 6.92 Å². The summed E-state index contributed by atoms with van der Waals surface area (Å²) in [6.45, 7) is 4.96. The molecule has 0 saturated carbocycles. The molecule has 132 valence electrons. The molecule has 0 aliphatic heterocycles. The number of benzene rings is 1. The summed E-state index contributed by atoms with van der Waals surface area (Å²) in [4.78, 5) is 2.71. The maximum absolute atomic E-state index is 11.5. The Labute approximate surface area is 156 Å². The molecule has 0 spiro atoms. The van der Waals surface area contributed by atoms with Gasteiger partial charge in [0, 0.05) is 23.4 Å². The number of sulfone groups is 1. The summed E-state index contributed by atoms with van der Waals surface area (Å²) in [5.41, 5.74) is 1.05. The number of rotatable bonds is 6. The van der Waals surface area contributed by atoms with E-state index in [2.05, 4.69) is 40.7 Å². The quantitative estimate of drug-likeness (QED) is 0.592. The van der Waals surface area contributed by atoms with E-state index in [-0.39, 0.29) is 0 Å². The molecule has 0 unspecified atom stereocenters. The molecule has 0 saturated heterocycles. The summed E-state index contributed by atoms with van der Waals surface area (Å²) in [5.74, 6) is 1.61. The zero-order valence-corrected chi connectivity index (χ0v) is 16.7. The smallest absolute Gasteiger partial charge is 0.191 e. The Balaban J connectivity index is 1.76. The normalized spacial score (nSPS) is 11.8. The van der Waals surface area contributed by atoms with Crippen LogP contribution in [0.1, 0.15) is 17.4 Å². The Morgan fingerprint density at radius 1 is 1.12 bits per heavy atom. The fourth-order valence-corrected chi connectivity index (χ4v) is 4.85. The Kier molecular flexibility index (Phi) is 5.31. The predicted octanol–water partition coefficient (Wildman–Crippen LogP) is 4.03. The lowest BCUT2D eigenvalue weighted by Gasteiger charge is -2.06. The van der Waals surface area contributed by atoms with Gasteiger partial charge in [0.1, 0.15) is 0 Å². The van der Waals surface area contributed by atoms with Crippen molar-refractivity contribution in [2.75, 3.05) is 6.26 Å². The highest BCUT2D eigenvalue weighted by Gasteiger charge is 2.15. The molecule has 0 amide bonds. The van der Waals surface area contributed by atoms with Crippen LogP contribution in [0.15, 0.2) is 46.5 Å². The summed E-state index contributed by atoms with van der Waals surface area (Å²) in [6, 6.07) is 11.2. The Hall–Kier alpha value is -1.64. The van der Waals surface area contributed by atoms with E-state index >= 15 is 0 Å². The van der Waals surface area contributed by atoms with Gasteiger partial charge < -0.3 is 4.57 Å². The van der Waals surface area contributed by atoms with Crippen LogP contribution in [-0.2, 0) is 22.1 Å². The zero-order chi connectivity index (χ0) is 18.0. The third-order valence-electron chi connectivity index (χ3n) is 3.71. The van der Waals surface area contributed by atoms with E-state index in [9.17, 15) is 8.42 Å². The maximum Gasteiger partial charge on any atom is 0.191 e.